The molecular formula is C4H6N4O2. The quantitative estimate of drug-likeness (QED) is 0.529. The second-order valence-corrected chi connectivity index (χ2v) is 1.72. The fourth-order valence-electron chi connectivity index (χ4n) is 0.591. The molecule has 0 saturated carbocycles. The lowest BCUT2D eigenvalue weighted by molar-refractivity contribution is 0.0678. The fourth-order valence-corrected chi connectivity index (χ4v) is 0.591. The average Bonchev–Trinajstić information content (AvgIpc) is 2.10. The molecule has 6 heteroatoms. The van der Waals surface area contributed by atoms with E-state index in [9.17, 15) is 4.79 Å². The minimum Gasteiger partial charge on any atom is -0.475 e. The number of hydrogen-bond donors (Lipinski definition) is 2. The summed E-state index contributed by atoms with van der Waals surface area (Å²) in [5.41, 5.74) is 5.11. The Balaban J connectivity index is 3.15. The molecule has 0 aliphatic heterocycles. The van der Waals surface area contributed by atoms with Crippen LogP contribution in [0.4, 0.5) is 5.95 Å². The molecule has 1 rings (SSSR count). The van der Waals surface area contributed by atoms with Crippen LogP contribution in [0.5, 0.6) is 0 Å². The van der Waals surface area contributed by atoms with Crippen molar-refractivity contribution in [2.75, 3.05) is 5.73 Å². The number of nitrogens with zero attached hydrogens (tertiary/aromatic N) is 3. The SMILES string of the molecule is Cn1nc(N)nc1C(=O)O. The van der Waals surface area contributed by atoms with Crippen molar-refractivity contribution in [3.05, 3.63) is 5.82 Å². The smallest absolute Gasteiger partial charge is 0.373 e. The predicted molar refractivity (Wildman–Crippen MR) is 32.4 cm³/mol. The number of carbonyl (C=O) groups is 1. The van der Waals surface area contributed by atoms with Gasteiger partial charge in [0.15, 0.2) is 0 Å². The minimum absolute atomic E-state index is 0.0279. The highest BCUT2D eigenvalue weighted by atomic mass is 16.4. The highest BCUT2D eigenvalue weighted by Gasteiger charge is 2.10. The summed E-state index contributed by atoms with van der Waals surface area (Å²) >= 11 is 0. The van der Waals surface area contributed by atoms with E-state index in [1.807, 2.05) is 0 Å². The summed E-state index contributed by atoms with van der Waals surface area (Å²) in [7, 11) is 1.47. The largest absolute Gasteiger partial charge is 0.475 e. The number of aryl methyl sites for hydroxylation is 1. The Kier molecular flexibility index (Phi) is 1.29. The van der Waals surface area contributed by atoms with Gasteiger partial charge in [-0.3, -0.25) is 0 Å². The monoisotopic (exact) mass is 142 g/mol. The Morgan fingerprint density at radius 1 is 1.80 bits per heavy atom. The number of hydrogen-bond acceptors (Lipinski definition) is 4. The first kappa shape index (κ1) is 6.53. The molecule has 1 heterocycles. The molecule has 6 nitrogen and oxygen atoms in total. The summed E-state index contributed by atoms with van der Waals surface area (Å²) < 4.78 is 1.11. The van der Waals surface area contributed by atoms with Gasteiger partial charge in [0.25, 0.3) is 0 Å². The molecule has 3 N–H and O–H groups in total. The van der Waals surface area contributed by atoms with Crippen LogP contribution in [0.15, 0.2) is 0 Å². The van der Waals surface area contributed by atoms with Gasteiger partial charge < -0.3 is 10.8 Å². The third-order valence-corrected chi connectivity index (χ3v) is 0.971. The second kappa shape index (κ2) is 1.98. The highest BCUT2D eigenvalue weighted by molar-refractivity contribution is 5.83. The van der Waals surface area contributed by atoms with E-state index in [0.29, 0.717) is 0 Å². The first-order valence-electron chi connectivity index (χ1n) is 2.51. The number of carboxylic acids is 1. The van der Waals surface area contributed by atoms with Crippen LogP contribution < -0.4 is 5.73 Å². The van der Waals surface area contributed by atoms with E-state index in [1.54, 1.807) is 0 Å². The third kappa shape index (κ3) is 0.903. The molecule has 0 radical (unpaired) electrons. The Bertz CT molecular complexity index is 266. The number of aromatic nitrogens is 3. The molecule has 0 saturated heterocycles. The van der Waals surface area contributed by atoms with E-state index in [2.05, 4.69) is 10.1 Å². The van der Waals surface area contributed by atoms with E-state index in [-0.39, 0.29) is 11.8 Å². The summed E-state index contributed by atoms with van der Waals surface area (Å²) in [4.78, 5) is 13.7. The van der Waals surface area contributed by atoms with Gasteiger partial charge in [-0.1, -0.05) is 0 Å². The number of nitrogen functional groups attached to an aromatic ring is 1. The van der Waals surface area contributed by atoms with Gasteiger partial charge in [-0.25, -0.2) is 9.48 Å². The van der Waals surface area contributed by atoms with Crippen LogP contribution in [-0.2, 0) is 7.05 Å². The van der Waals surface area contributed by atoms with E-state index < -0.39 is 5.97 Å². The van der Waals surface area contributed by atoms with Crippen molar-refractivity contribution in [3.63, 3.8) is 0 Å². The predicted octanol–water partition coefficient (Wildman–Crippen LogP) is -0.904. The van der Waals surface area contributed by atoms with Crippen molar-refractivity contribution in [2.24, 2.45) is 7.05 Å². The van der Waals surface area contributed by atoms with E-state index >= 15 is 0 Å². The molecule has 0 fully saturated rings. The lowest BCUT2D eigenvalue weighted by Gasteiger charge is -1.88. The molecule has 0 aliphatic rings. The summed E-state index contributed by atoms with van der Waals surface area (Å²) in [6.07, 6.45) is 0. The molecule has 10 heavy (non-hydrogen) atoms. The van der Waals surface area contributed by atoms with Gasteiger partial charge in [0.2, 0.25) is 11.8 Å². The number of aromatic carboxylic acids is 1. The lowest BCUT2D eigenvalue weighted by atomic mass is 10.6. The molecule has 0 bridgehead atoms. The Labute approximate surface area is 56.3 Å². The fraction of sp³-hybridized carbons (Fsp3) is 0.250. The lowest BCUT2D eigenvalue weighted by Crippen LogP contribution is -2.06. The van der Waals surface area contributed by atoms with Crippen LogP contribution >= 0.6 is 0 Å². The van der Waals surface area contributed by atoms with Gasteiger partial charge in [-0.15, -0.1) is 5.10 Å². The number of anilines is 1. The second-order valence-electron chi connectivity index (χ2n) is 1.72. The maximum Gasteiger partial charge on any atom is 0.373 e. The molecule has 0 spiro atoms. The zero-order valence-electron chi connectivity index (χ0n) is 5.27. The highest BCUT2D eigenvalue weighted by Crippen LogP contribution is 1.95. The topological polar surface area (TPSA) is 94.0 Å². The Hall–Kier alpha value is -1.59. The molecule has 0 aliphatic carbocycles. The van der Waals surface area contributed by atoms with Crippen LogP contribution in [0.1, 0.15) is 10.6 Å². The van der Waals surface area contributed by atoms with Crippen molar-refractivity contribution in [1.29, 1.82) is 0 Å². The zero-order valence-corrected chi connectivity index (χ0v) is 5.27. The maximum atomic E-state index is 10.3. The van der Waals surface area contributed by atoms with Crippen LogP contribution in [-0.4, -0.2) is 25.8 Å². The van der Waals surface area contributed by atoms with Gasteiger partial charge in [0, 0.05) is 7.05 Å². The molecule has 0 unspecified atom stereocenters. The van der Waals surface area contributed by atoms with Crippen LogP contribution in [0, 0.1) is 0 Å². The first-order valence-corrected chi connectivity index (χ1v) is 2.51. The summed E-state index contributed by atoms with van der Waals surface area (Å²) in [5, 5.41) is 11.9. The van der Waals surface area contributed by atoms with Crippen molar-refractivity contribution in [1.82, 2.24) is 14.8 Å². The molecule has 1 aromatic rings. The molecule has 0 amide bonds. The van der Waals surface area contributed by atoms with Gasteiger partial charge in [0.05, 0.1) is 0 Å². The third-order valence-electron chi connectivity index (χ3n) is 0.971. The molecular weight excluding hydrogens is 136 g/mol. The van der Waals surface area contributed by atoms with Crippen molar-refractivity contribution in [2.45, 2.75) is 0 Å². The summed E-state index contributed by atoms with van der Waals surface area (Å²) in [6, 6.07) is 0. The minimum atomic E-state index is -1.13. The van der Waals surface area contributed by atoms with Crippen LogP contribution in [0.25, 0.3) is 0 Å². The van der Waals surface area contributed by atoms with Gasteiger partial charge >= 0.3 is 5.97 Å². The maximum absolute atomic E-state index is 10.3. The van der Waals surface area contributed by atoms with E-state index in [4.69, 9.17) is 10.8 Å². The summed E-state index contributed by atoms with van der Waals surface area (Å²) in [5.74, 6) is -1.32. The van der Waals surface area contributed by atoms with E-state index in [1.165, 1.54) is 7.05 Å². The molecule has 54 valence electrons. The van der Waals surface area contributed by atoms with Crippen molar-refractivity contribution >= 4 is 11.9 Å². The average molecular weight is 142 g/mol. The first-order chi connectivity index (χ1) is 4.61. The standard InChI is InChI=1S/C4H6N4O2/c1-8-2(3(9)10)6-4(5)7-8/h1H3,(H2,5,7)(H,9,10). The Morgan fingerprint density at radius 3 is 2.60 bits per heavy atom. The molecule has 0 aromatic carbocycles. The Morgan fingerprint density at radius 2 is 2.40 bits per heavy atom. The van der Waals surface area contributed by atoms with Gasteiger partial charge in [-0.2, -0.15) is 4.98 Å². The summed E-state index contributed by atoms with van der Waals surface area (Å²) in [6.45, 7) is 0. The van der Waals surface area contributed by atoms with Crippen molar-refractivity contribution in [3.8, 4) is 0 Å². The normalized spacial score (nSPS) is 9.70. The van der Waals surface area contributed by atoms with Crippen LogP contribution in [0.3, 0.4) is 0 Å². The van der Waals surface area contributed by atoms with E-state index in [0.717, 1.165) is 4.68 Å². The number of carboxylic acid groups (broad SMARTS) is 1. The number of nitrogens with two attached hydrogens (primary N) is 1. The number of rotatable bonds is 1. The van der Waals surface area contributed by atoms with Crippen LogP contribution in [0.2, 0.25) is 0 Å². The zero-order chi connectivity index (χ0) is 7.72. The molecule has 1 aromatic heterocycles. The van der Waals surface area contributed by atoms with Gasteiger partial charge in [0.1, 0.15) is 0 Å². The van der Waals surface area contributed by atoms with Crippen molar-refractivity contribution < 1.29 is 9.90 Å². The molecule has 0 atom stereocenters. The van der Waals surface area contributed by atoms with Gasteiger partial charge in [-0.05, 0) is 0 Å².